The van der Waals surface area contributed by atoms with Crippen LogP contribution < -0.4 is 4.74 Å². The van der Waals surface area contributed by atoms with Gasteiger partial charge in [-0.2, -0.15) is 0 Å². The standard InChI is InChI=1S/C11H10ClFO3/c1-16-7-3-2-6(12)9(13)8(7)11(4-5-11)10(14)15/h2-3H,4-5H2,1H3,(H,14,15). The Kier molecular flexibility index (Phi) is 2.54. The largest absolute Gasteiger partial charge is 0.496 e. The Labute approximate surface area is 96.8 Å². The van der Waals surface area contributed by atoms with E-state index in [1.54, 1.807) is 0 Å². The van der Waals surface area contributed by atoms with Gasteiger partial charge in [-0.3, -0.25) is 4.79 Å². The van der Waals surface area contributed by atoms with Crippen molar-refractivity contribution in [2.45, 2.75) is 18.3 Å². The van der Waals surface area contributed by atoms with Crippen molar-refractivity contribution in [1.29, 1.82) is 0 Å². The summed E-state index contributed by atoms with van der Waals surface area (Å²) in [7, 11) is 1.38. The molecule has 5 heteroatoms. The molecular formula is C11H10ClFO3. The van der Waals surface area contributed by atoms with Crippen molar-refractivity contribution in [1.82, 2.24) is 0 Å². The monoisotopic (exact) mass is 244 g/mol. The van der Waals surface area contributed by atoms with Gasteiger partial charge in [0.15, 0.2) is 0 Å². The minimum atomic E-state index is -1.15. The fraction of sp³-hybridized carbons (Fsp3) is 0.364. The van der Waals surface area contributed by atoms with Crippen molar-refractivity contribution >= 4 is 17.6 Å². The van der Waals surface area contributed by atoms with Gasteiger partial charge in [0, 0.05) is 5.56 Å². The van der Waals surface area contributed by atoms with Crippen LogP contribution in [0.15, 0.2) is 12.1 Å². The SMILES string of the molecule is COc1ccc(Cl)c(F)c1C1(C(=O)O)CC1. The van der Waals surface area contributed by atoms with Gasteiger partial charge in [-0.15, -0.1) is 0 Å². The van der Waals surface area contributed by atoms with Crippen LogP contribution in [0.2, 0.25) is 5.02 Å². The number of aliphatic carboxylic acids is 1. The molecule has 0 bridgehead atoms. The van der Waals surface area contributed by atoms with Gasteiger partial charge in [-0.1, -0.05) is 11.6 Å². The number of hydrogen-bond donors (Lipinski definition) is 1. The van der Waals surface area contributed by atoms with Crippen LogP contribution in [0.4, 0.5) is 4.39 Å². The van der Waals surface area contributed by atoms with E-state index in [1.165, 1.54) is 19.2 Å². The third-order valence-corrected chi connectivity index (χ3v) is 3.21. The summed E-state index contributed by atoms with van der Waals surface area (Å²) < 4.78 is 18.9. The molecule has 0 amide bonds. The predicted molar refractivity (Wildman–Crippen MR) is 56.5 cm³/mol. The molecule has 3 nitrogen and oxygen atoms in total. The van der Waals surface area contributed by atoms with E-state index in [1.807, 2.05) is 0 Å². The van der Waals surface area contributed by atoms with Crippen LogP contribution in [0.25, 0.3) is 0 Å². The second-order valence-corrected chi connectivity index (χ2v) is 4.23. The van der Waals surface area contributed by atoms with Crippen LogP contribution in [0, 0.1) is 5.82 Å². The van der Waals surface area contributed by atoms with Crippen molar-refractivity contribution in [2.75, 3.05) is 7.11 Å². The average molecular weight is 245 g/mol. The average Bonchev–Trinajstić information content (AvgIpc) is 3.03. The number of carboxylic acid groups (broad SMARTS) is 1. The van der Waals surface area contributed by atoms with E-state index in [-0.39, 0.29) is 16.3 Å². The van der Waals surface area contributed by atoms with Gasteiger partial charge in [0.25, 0.3) is 0 Å². The third-order valence-electron chi connectivity index (χ3n) is 2.91. The van der Waals surface area contributed by atoms with Gasteiger partial charge >= 0.3 is 5.97 Å². The fourth-order valence-corrected chi connectivity index (χ4v) is 2.00. The number of hydrogen-bond acceptors (Lipinski definition) is 2. The summed E-state index contributed by atoms with van der Waals surface area (Å²) >= 11 is 5.66. The van der Waals surface area contributed by atoms with Gasteiger partial charge in [0.1, 0.15) is 11.6 Å². The molecule has 0 saturated heterocycles. The van der Waals surface area contributed by atoms with E-state index >= 15 is 0 Å². The van der Waals surface area contributed by atoms with Gasteiger partial charge in [-0.05, 0) is 25.0 Å². The Balaban J connectivity index is 2.63. The summed E-state index contributed by atoms with van der Waals surface area (Å²) in [6, 6.07) is 2.85. The lowest BCUT2D eigenvalue weighted by molar-refractivity contribution is -0.140. The molecule has 1 saturated carbocycles. The summed E-state index contributed by atoms with van der Waals surface area (Å²) in [5.74, 6) is -1.49. The third kappa shape index (κ3) is 1.45. The summed E-state index contributed by atoms with van der Waals surface area (Å²) in [5.41, 5.74) is -1.09. The molecule has 1 aromatic carbocycles. The molecule has 1 aliphatic carbocycles. The molecule has 1 aliphatic rings. The quantitative estimate of drug-likeness (QED) is 0.889. The van der Waals surface area contributed by atoms with Gasteiger partial charge < -0.3 is 9.84 Å². The zero-order chi connectivity index (χ0) is 11.9. The molecule has 86 valence electrons. The summed E-state index contributed by atoms with van der Waals surface area (Å²) in [5, 5.41) is 9.05. The van der Waals surface area contributed by atoms with Crippen LogP contribution >= 0.6 is 11.6 Å². The first-order valence-electron chi connectivity index (χ1n) is 4.79. The maximum absolute atomic E-state index is 13.9. The topological polar surface area (TPSA) is 46.5 Å². The first-order valence-corrected chi connectivity index (χ1v) is 5.16. The number of rotatable bonds is 3. The van der Waals surface area contributed by atoms with E-state index in [0.717, 1.165) is 0 Å². The number of ether oxygens (including phenoxy) is 1. The van der Waals surface area contributed by atoms with Crippen LogP contribution in [-0.4, -0.2) is 18.2 Å². The molecule has 0 spiro atoms. The highest BCUT2D eigenvalue weighted by atomic mass is 35.5. The maximum Gasteiger partial charge on any atom is 0.314 e. The second kappa shape index (κ2) is 3.63. The lowest BCUT2D eigenvalue weighted by Crippen LogP contribution is -2.22. The molecule has 2 rings (SSSR count). The smallest absolute Gasteiger partial charge is 0.314 e. The highest BCUT2D eigenvalue weighted by Crippen LogP contribution is 2.53. The summed E-state index contributed by atoms with van der Waals surface area (Å²) in [6.45, 7) is 0. The molecule has 0 radical (unpaired) electrons. The van der Waals surface area contributed by atoms with E-state index in [2.05, 4.69) is 0 Å². The molecule has 16 heavy (non-hydrogen) atoms. The van der Waals surface area contributed by atoms with E-state index in [4.69, 9.17) is 21.4 Å². The van der Waals surface area contributed by atoms with Crippen LogP contribution in [0.5, 0.6) is 5.75 Å². The van der Waals surface area contributed by atoms with E-state index in [9.17, 15) is 9.18 Å². The number of methoxy groups -OCH3 is 1. The van der Waals surface area contributed by atoms with E-state index in [0.29, 0.717) is 12.8 Å². The molecule has 1 aromatic rings. The first-order chi connectivity index (χ1) is 7.53. The lowest BCUT2D eigenvalue weighted by Gasteiger charge is -2.16. The second-order valence-electron chi connectivity index (χ2n) is 3.83. The molecule has 1 N–H and O–H groups in total. The van der Waals surface area contributed by atoms with Crippen LogP contribution in [-0.2, 0) is 10.2 Å². The van der Waals surface area contributed by atoms with Crippen molar-refractivity contribution in [2.24, 2.45) is 0 Å². The van der Waals surface area contributed by atoms with Crippen molar-refractivity contribution < 1.29 is 19.0 Å². The Bertz CT molecular complexity index is 455. The van der Waals surface area contributed by atoms with E-state index < -0.39 is 17.2 Å². The highest BCUT2D eigenvalue weighted by Gasteiger charge is 2.55. The number of halogens is 2. The molecular weight excluding hydrogens is 235 g/mol. The summed E-state index contributed by atoms with van der Waals surface area (Å²) in [6.07, 6.45) is 0.825. The zero-order valence-electron chi connectivity index (χ0n) is 8.59. The zero-order valence-corrected chi connectivity index (χ0v) is 9.34. The molecule has 1 fully saturated rings. The van der Waals surface area contributed by atoms with Crippen LogP contribution in [0.1, 0.15) is 18.4 Å². The van der Waals surface area contributed by atoms with Crippen LogP contribution in [0.3, 0.4) is 0 Å². The molecule has 0 unspecified atom stereocenters. The number of benzene rings is 1. The number of carbonyl (C=O) groups is 1. The lowest BCUT2D eigenvalue weighted by atomic mass is 9.94. The van der Waals surface area contributed by atoms with Gasteiger partial charge in [0.2, 0.25) is 0 Å². The Morgan fingerprint density at radius 3 is 2.62 bits per heavy atom. The van der Waals surface area contributed by atoms with Crippen molar-refractivity contribution in [3.8, 4) is 5.75 Å². The van der Waals surface area contributed by atoms with Crippen molar-refractivity contribution in [3.63, 3.8) is 0 Å². The summed E-state index contributed by atoms with van der Waals surface area (Å²) in [4.78, 5) is 11.2. The minimum absolute atomic E-state index is 0.0648. The Morgan fingerprint density at radius 1 is 1.56 bits per heavy atom. The Hall–Kier alpha value is -1.29. The maximum atomic E-state index is 13.9. The molecule has 0 aromatic heterocycles. The normalized spacial score (nSPS) is 16.9. The molecule has 0 heterocycles. The Morgan fingerprint density at radius 2 is 2.19 bits per heavy atom. The minimum Gasteiger partial charge on any atom is -0.496 e. The molecule has 0 atom stereocenters. The first kappa shape index (κ1) is 11.2. The fourth-order valence-electron chi connectivity index (χ4n) is 1.84. The number of carboxylic acids is 1. The predicted octanol–water partition coefficient (Wildman–Crippen LogP) is 2.60. The van der Waals surface area contributed by atoms with Crippen molar-refractivity contribution in [3.05, 3.63) is 28.5 Å². The van der Waals surface area contributed by atoms with Gasteiger partial charge in [-0.25, -0.2) is 4.39 Å². The highest BCUT2D eigenvalue weighted by molar-refractivity contribution is 6.30. The molecule has 0 aliphatic heterocycles. The van der Waals surface area contributed by atoms with Gasteiger partial charge in [0.05, 0.1) is 17.5 Å².